The predicted molar refractivity (Wildman–Crippen MR) is 86.7 cm³/mol. The van der Waals surface area contributed by atoms with Gasteiger partial charge in [0.2, 0.25) is 5.91 Å². The first-order chi connectivity index (χ1) is 10.2. The fourth-order valence-corrected chi connectivity index (χ4v) is 3.22. The zero-order chi connectivity index (χ0) is 16.5. The first kappa shape index (κ1) is 17.4. The minimum Gasteiger partial charge on any atom is -0.378 e. The van der Waals surface area contributed by atoms with Crippen LogP contribution in [0, 0.1) is 11.2 Å². The molecule has 1 amide bonds. The Labute approximate surface area is 138 Å². The number of carbonyl (C=O) groups excluding carboxylic acids is 1. The lowest BCUT2D eigenvalue weighted by Gasteiger charge is -2.57. The normalized spacial score (nSPS) is 26.4. The molecule has 122 valence electrons. The second kappa shape index (κ2) is 6.26. The van der Waals surface area contributed by atoms with Gasteiger partial charge in [0.15, 0.2) is 0 Å². The molecule has 6 heteroatoms. The van der Waals surface area contributed by atoms with Crippen molar-refractivity contribution in [3.8, 4) is 0 Å². The zero-order valence-electron chi connectivity index (χ0n) is 13.1. The number of carbonyl (C=O) groups is 1. The van der Waals surface area contributed by atoms with Crippen molar-refractivity contribution in [2.75, 3.05) is 6.61 Å². The van der Waals surface area contributed by atoms with Gasteiger partial charge in [0, 0.05) is 29.5 Å². The van der Waals surface area contributed by atoms with Crippen LogP contribution in [0.25, 0.3) is 0 Å². The molecule has 3 N–H and O–H groups in total. The van der Waals surface area contributed by atoms with Crippen LogP contribution < -0.4 is 11.1 Å². The first-order valence-electron chi connectivity index (χ1n) is 7.35. The molecule has 0 aliphatic heterocycles. The number of nitrogens with one attached hydrogen (secondary N) is 1. The number of nitrogens with two attached hydrogens (primary N) is 1. The van der Waals surface area contributed by atoms with Crippen molar-refractivity contribution < 1.29 is 13.9 Å². The number of amides is 1. The van der Waals surface area contributed by atoms with Gasteiger partial charge in [0.25, 0.3) is 0 Å². The largest absolute Gasteiger partial charge is 0.378 e. The molecule has 0 bridgehead atoms. The second-order valence-electron chi connectivity index (χ2n) is 6.26. The molecule has 1 saturated carbocycles. The van der Waals surface area contributed by atoms with Gasteiger partial charge in [-0.3, -0.25) is 4.79 Å². The Hall–Kier alpha value is -0.980. The minimum absolute atomic E-state index is 0.0193. The number of halogens is 2. The highest BCUT2D eigenvalue weighted by molar-refractivity contribution is 9.10. The maximum Gasteiger partial charge on any atom is 0.241 e. The maximum absolute atomic E-state index is 13.3. The van der Waals surface area contributed by atoms with Gasteiger partial charge in [-0.1, -0.05) is 29.8 Å². The topological polar surface area (TPSA) is 64.3 Å². The van der Waals surface area contributed by atoms with Crippen molar-refractivity contribution >= 4 is 21.8 Å². The second-order valence-corrected chi connectivity index (χ2v) is 7.11. The summed E-state index contributed by atoms with van der Waals surface area (Å²) in [6.07, 6.45) is 0.471. The Balaban J connectivity index is 2.02. The third-order valence-corrected chi connectivity index (χ3v) is 5.46. The average Bonchev–Trinajstić information content (AvgIpc) is 2.47. The molecule has 2 atom stereocenters. The van der Waals surface area contributed by atoms with E-state index in [-0.39, 0.29) is 24.4 Å². The quantitative estimate of drug-likeness (QED) is 0.834. The Morgan fingerprint density at radius 2 is 2.23 bits per heavy atom. The highest BCUT2D eigenvalue weighted by Gasteiger charge is 2.62. The van der Waals surface area contributed by atoms with Crippen LogP contribution in [0.1, 0.15) is 32.8 Å². The SMILES string of the molecule is CCOC1CC(N)(C(=O)NCc2cc(F)ccc2Br)C1(C)C. The van der Waals surface area contributed by atoms with Gasteiger partial charge in [-0.05, 0) is 30.7 Å². The van der Waals surface area contributed by atoms with Crippen molar-refractivity contribution in [2.24, 2.45) is 11.1 Å². The van der Waals surface area contributed by atoms with Gasteiger partial charge in [0.1, 0.15) is 11.4 Å². The van der Waals surface area contributed by atoms with E-state index in [1.54, 1.807) is 6.07 Å². The fraction of sp³-hybridized carbons (Fsp3) is 0.562. The number of hydrogen-bond donors (Lipinski definition) is 2. The van der Waals surface area contributed by atoms with E-state index < -0.39 is 11.0 Å². The molecule has 0 spiro atoms. The molecule has 1 fully saturated rings. The molecule has 0 saturated heterocycles. The van der Waals surface area contributed by atoms with E-state index in [1.165, 1.54) is 12.1 Å². The lowest BCUT2D eigenvalue weighted by molar-refractivity contribution is -0.170. The Morgan fingerprint density at radius 3 is 2.82 bits per heavy atom. The highest BCUT2D eigenvalue weighted by atomic mass is 79.9. The van der Waals surface area contributed by atoms with E-state index in [2.05, 4.69) is 21.2 Å². The molecule has 4 nitrogen and oxygen atoms in total. The van der Waals surface area contributed by atoms with Crippen LogP contribution in [0.2, 0.25) is 0 Å². The van der Waals surface area contributed by atoms with Gasteiger partial charge >= 0.3 is 0 Å². The third-order valence-electron chi connectivity index (χ3n) is 4.68. The summed E-state index contributed by atoms with van der Waals surface area (Å²) in [5.41, 5.74) is 5.57. The Kier molecular flexibility index (Phi) is 4.94. The molecular weight excluding hydrogens is 351 g/mol. The minimum atomic E-state index is -0.966. The average molecular weight is 373 g/mol. The van der Waals surface area contributed by atoms with E-state index in [0.717, 1.165) is 4.47 Å². The summed E-state index contributed by atoms with van der Waals surface area (Å²) in [6.45, 7) is 6.63. The van der Waals surface area contributed by atoms with Crippen LogP contribution in [0.15, 0.2) is 22.7 Å². The van der Waals surface area contributed by atoms with Crippen LogP contribution in [0.3, 0.4) is 0 Å². The molecule has 0 radical (unpaired) electrons. The van der Waals surface area contributed by atoms with E-state index in [0.29, 0.717) is 18.6 Å². The maximum atomic E-state index is 13.3. The monoisotopic (exact) mass is 372 g/mol. The van der Waals surface area contributed by atoms with E-state index in [4.69, 9.17) is 10.5 Å². The molecule has 2 unspecified atom stereocenters. The lowest BCUT2D eigenvalue weighted by atomic mass is 9.54. The number of ether oxygens (including phenoxy) is 1. The van der Waals surface area contributed by atoms with Crippen molar-refractivity contribution in [1.29, 1.82) is 0 Å². The molecule has 1 aliphatic rings. The summed E-state index contributed by atoms with van der Waals surface area (Å²) < 4.78 is 19.6. The first-order valence-corrected chi connectivity index (χ1v) is 8.14. The van der Waals surface area contributed by atoms with Crippen molar-refractivity contribution in [3.63, 3.8) is 0 Å². The standard InChI is InChI=1S/C16H22BrFN2O2/c1-4-22-13-8-16(19,15(13,2)3)14(21)20-9-10-7-11(18)5-6-12(10)17/h5-7,13H,4,8-9,19H2,1-3H3,(H,20,21). The molecule has 22 heavy (non-hydrogen) atoms. The Morgan fingerprint density at radius 1 is 1.55 bits per heavy atom. The Bertz CT molecular complexity index is 579. The van der Waals surface area contributed by atoms with Crippen LogP contribution >= 0.6 is 15.9 Å². The fourth-order valence-electron chi connectivity index (χ4n) is 2.83. The zero-order valence-corrected chi connectivity index (χ0v) is 14.7. The van der Waals surface area contributed by atoms with Crippen LogP contribution in [-0.2, 0) is 16.1 Å². The van der Waals surface area contributed by atoms with Crippen molar-refractivity contribution in [3.05, 3.63) is 34.1 Å². The van der Waals surface area contributed by atoms with Crippen molar-refractivity contribution in [1.82, 2.24) is 5.32 Å². The number of hydrogen-bond acceptors (Lipinski definition) is 3. The van der Waals surface area contributed by atoms with Gasteiger partial charge in [-0.15, -0.1) is 0 Å². The molecule has 1 aliphatic carbocycles. The predicted octanol–water partition coefficient (Wildman–Crippen LogP) is 2.74. The van der Waals surface area contributed by atoms with Gasteiger partial charge < -0.3 is 15.8 Å². The van der Waals surface area contributed by atoms with Gasteiger partial charge in [-0.2, -0.15) is 0 Å². The molecule has 2 rings (SSSR count). The summed E-state index contributed by atoms with van der Waals surface area (Å²) in [7, 11) is 0. The summed E-state index contributed by atoms with van der Waals surface area (Å²) in [5, 5.41) is 2.81. The smallest absolute Gasteiger partial charge is 0.241 e. The summed E-state index contributed by atoms with van der Waals surface area (Å²) in [5.74, 6) is -0.570. The van der Waals surface area contributed by atoms with Crippen LogP contribution in [-0.4, -0.2) is 24.2 Å². The van der Waals surface area contributed by atoms with Crippen LogP contribution in [0.4, 0.5) is 4.39 Å². The summed E-state index contributed by atoms with van der Waals surface area (Å²) in [6, 6.07) is 4.37. The van der Waals surface area contributed by atoms with Gasteiger partial charge in [0.05, 0.1) is 6.10 Å². The number of rotatable bonds is 5. The molecule has 1 aromatic rings. The third kappa shape index (κ3) is 2.92. The summed E-state index contributed by atoms with van der Waals surface area (Å²) in [4.78, 5) is 12.5. The van der Waals surface area contributed by atoms with Crippen LogP contribution in [0.5, 0.6) is 0 Å². The molecular formula is C16H22BrFN2O2. The molecule has 0 heterocycles. The molecule has 0 aromatic heterocycles. The summed E-state index contributed by atoms with van der Waals surface area (Å²) >= 11 is 3.35. The van der Waals surface area contributed by atoms with E-state index >= 15 is 0 Å². The van der Waals surface area contributed by atoms with Gasteiger partial charge in [-0.25, -0.2) is 4.39 Å². The lowest BCUT2D eigenvalue weighted by Crippen LogP contribution is -2.75. The van der Waals surface area contributed by atoms with E-state index in [9.17, 15) is 9.18 Å². The highest BCUT2D eigenvalue weighted by Crippen LogP contribution is 2.49. The number of benzene rings is 1. The van der Waals surface area contributed by atoms with Crippen molar-refractivity contribution in [2.45, 2.75) is 45.4 Å². The molecule has 1 aromatic carbocycles. The van der Waals surface area contributed by atoms with E-state index in [1.807, 2.05) is 20.8 Å².